The highest BCUT2D eigenvalue weighted by Gasteiger charge is 2.50. The Hall–Kier alpha value is -2.15. The molecule has 1 saturated heterocycles. The molecule has 0 radical (unpaired) electrons. The van der Waals surface area contributed by atoms with Crippen molar-refractivity contribution in [2.75, 3.05) is 39.6 Å². The summed E-state index contributed by atoms with van der Waals surface area (Å²) < 4.78 is 22.0. The molecule has 2 aliphatic heterocycles. The van der Waals surface area contributed by atoms with Crippen LogP contribution < -0.4 is 0 Å². The number of hydrogen-bond donors (Lipinski definition) is 2. The van der Waals surface area contributed by atoms with Crippen LogP contribution in [0.15, 0.2) is 40.9 Å². The summed E-state index contributed by atoms with van der Waals surface area (Å²) >= 11 is 3.26. The molecule has 1 aromatic rings. The molecule has 0 bridgehead atoms. The number of hydrogen-bond acceptors (Lipinski definition) is 9. The van der Waals surface area contributed by atoms with Crippen molar-refractivity contribution in [1.29, 1.82) is 0 Å². The molecule has 0 aliphatic carbocycles. The molecule has 3 rings (SSSR count). The fourth-order valence-electron chi connectivity index (χ4n) is 4.45. The van der Waals surface area contributed by atoms with Gasteiger partial charge in [-0.15, -0.1) is 0 Å². The molecule has 2 heterocycles. The molecule has 38 heavy (non-hydrogen) atoms. The van der Waals surface area contributed by atoms with Crippen molar-refractivity contribution < 1.29 is 43.5 Å². The maximum Gasteiger partial charge on any atom is 0.416 e. The van der Waals surface area contributed by atoms with Crippen LogP contribution in [0.1, 0.15) is 32.3 Å². The predicted octanol–water partition coefficient (Wildman–Crippen LogP) is 2.59. The van der Waals surface area contributed by atoms with E-state index in [2.05, 4.69) is 15.9 Å². The number of imide groups is 1. The molecule has 1 fully saturated rings. The smallest absolute Gasteiger partial charge is 0.416 e. The zero-order valence-electron chi connectivity index (χ0n) is 21.7. The summed E-state index contributed by atoms with van der Waals surface area (Å²) in [6, 6.07) is 8.68. The largest absolute Gasteiger partial charge is 0.447 e. The van der Waals surface area contributed by atoms with Gasteiger partial charge in [-0.2, -0.15) is 0 Å². The number of benzene rings is 1. The monoisotopic (exact) mass is 597 g/mol. The SMILES string of the molecule is CC(C)[C@H]1COC(=O)N1C(=O)[C@H](Cc1ccccc1)[C@@H]1O[C@](O)(CCCOCCOCCO)C(Br)=CC1=O. The summed E-state index contributed by atoms with van der Waals surface area (Å²) in [5, 5.41) is 20.1. The van der Waals surface area contributed by atoms with Crippen LogP contribution >= 0.6 is 15.9 Å². The molecular weight excluding hydrogens is 562 g/mol. The van der Waals surface area contributed by atoms with Gasteiger partial charge in [-0.1, -0.05) is 44.2 Å². The van der Waals surface area contributed by atoms with Gasteiger partial charge in [0, 0.05) is 13.0 Å². The first-order valence-corrected chi connectivity index (χ1v) is 13.6. The summed E-state index contributed by atoms with van der Waals surface area (Å²) in [6.45, 7) is 5.00. The first kappa shape index (κ1) is 30.4. The summed E-state index contributed by atoms with van der Waals surface area (Å²) in [5.41, 5.74) is 0.782. The molecule has 10 nitrogen and oxygen atoms in total. The molecule has 2 aliphatic rings. The highest BCUT2D eigenvalue weighted by Crippen LogP contribution is 2.38. The number of amides is 2. The van der Waals surface area contributed by atoms with Crippen LogP contribution in [0.5, 0.6) is 0 Å². The summed E-state index contributed by atoms with van der Waals surface area (Å²) in [4.78, 5) is 40.7. The third-order valence-corrected chi connectivity index (χ3v) is 7.40. The Labute approximate surface area is 231 Å². The summed E-state index contributed by atoms with van der Waals surface area (Å²) in [5.74, 6) is -4.03. The number of aliphatic hydroxyl groups is 2. The van der Waals surface area contributed by atoms with Crippen molar-refractivity contribution in [3.8, 4) is 0 Å². The number of nitrogens with zero attached hydrogens (tertiary/aromatic N) is 1. The zero-order valence-corrected chi connectivity index (χ0v) is 23.3. The van der Waals surface area contributed by atoms with E-state index in [0.717, 1.165) is 10.5 Å². The van der Waals surface area contributed by atoms with Crippen LogP contribution in [-0.4, -0.2) is 90.5 Å². The van der Waals surface area contributed by atoms with Gasteiger partial charge in [-0.25, -0.2) is 9.69 Å². The van der Waals surface area contributed by atoms with Crippen molar-refractivity contribution in [3.05, 3.63) is 46.5 Å². The quantitative estimate of drug-likeness (QED) is 0.310. The fraction of sp³-hybridized carbons (Fsp3) is 0.593. The number of halogens is 1. The van der Waals surface area contributed by atoms with Crippen LogP contribution in [0.25, 0.3) is 0 Å². The number of rotatable bonds is 14. The number of carbonyl (C=O) groups excluding carboxylic acids is 3. The maximum atomic E-state index is 13.9. The van der Waals surface area contributed by atoms with Crippen LogP contribution in [-0.2, 0) is 35.0 Å². The Morgan fingerprint density at radius 3 is 2.50 bits per heavy atom. The Morgan fingerprint density at radius 1 is 1.16 bits per heavy atom. The van der Waals surface area contributed by atoms with E-state index in [9.17, 15) is 19.5 Å². The zero-order chi connectivity index (χ0) is 27.7. The number of carbonyl (C=O) groups is 3. The number of aliphatic hydroxyl groups excluding tert-OH is 1. The van der Waals surface area contributed by atoms with Crippen LogP contribution in [0.3, 0.4) is 0 Å². The van der Waals surface area contributed by atoms with Crippen LogP contribution in [0, 0.1) is 11.8 Å². The molecule has 2 amide bonds. The lowest BCUT2D eigenvalue weighted by Gasteiger charge is -2.39. The van der Waals surface area contributed by atoms with Crippen LogP contribution in [0.2, 0.25) is 0 Å². The molecular formula is C27H36BrNO9. The van der Waals surface area contributed by atoms with Crippen LogP contribution in [0.4, 0.5) is 4.79 Å². The van der Waals surface area contributed by atoms with Crippen molar-refractivity contribution in [2.45, 2.75) is 51.0 Å². The van der Waals surface area contributed by atoms with Gasteiger partial charge in [-0.3, -0.25) is 9.59 Å². The molecule has 0 spiro atoms. The lowest BCUT2D eigenvalue weighted by atomic mass is 9.87. The first-order chi connectivity index (χ1) is 18.2. The van der Waals surface area contributed by atoms with E-state index >= 15 is 0 Å². The third-order valence-electron chi connectivity index (χ3n) is 6.55. The number of ether oxygens (including phenoxy) is 4. The molecule has 4 atom stereocenters. The Balaban J connectivity index is 1.77. The van der Waals surface area contributed by atoms with E-state index in [1.54, 1.807) is 0 Å². The minimum Gasteiger partial charge on any atom is -0.447 e. The highest BCUT2D eigenvalue weighted by molar-refractivity contribution is 9.11. The average Bonchev–Trinajstić information content (AvgIpc) is 3.28. The molecule has 0 aromatic heterocycles. The molecule has 0 saturated carbocycles. The van der Waals surface area contributed by atoms with E-state index in [1.807, 2.05) is 44.2 Å². The predicted molar refractivity (Wildman–Crippen MR) is 140 cm³/mol. The lowest BCUT2D eigenvalue weighted by Crippen LogP contribution is -2.54. The van der Waals surface area contributed by atoms with Gasteiger partial charge in [0.05, 0.1) is 42.9 Å². The number of cyclic esters (lactones) is 1. The van der Waals surface area contributed by atoms with Crippen molar-refractivity contribution in [2.24, 2.45) is 11.8 Å². The van der Waals surface area contributed by atoms with Gasteiger partial charge < -0.3 is 29.2 Å². The minimum absolute atomic E-state index is 0.0502. The van der Waals surface area contributed by atoms with Gasteiger partial charge >= 0.3 is 6.09 Å². The van der Waals surface area contributed by atoms with E-state index in [-0.39, 0.29) is 43.1 Å². The second-order valence-corrected chi connectivity index (χ2v) is 10.5. The second kappa shape index (κ2) is 14.3. The van der Waals surface area contributed by atoms with Crippen molar-refractivity contribution in [1.82, 2.24) is 4.90 Å². The van der Waals surface area contributed by atoms with Crippen molar-refractivity contribution >= 4 is 33.7 Å². The first-order valence-electron chi connectivity index (χ1n) is 12.8. The molecule has 11 heteroatoms. The molecule has 2 N–H and O–H groups in total. The van der Waals surface area contributed by atoms with Gasteiger partial charge in [-0.05, 0) is 46.3 Å². The standard InChI is InChI=1S/C27H36BrNO9/c1-18(2)21-17-37-26(33)29(21)25(32)20(15-19-7-4-3-5-8-19)24-22(31)16-23(28)27(34,38-24)9-6-11-35-13-14-36-12-10-30/h3-5,7-8,16,18,20-21,24,30,34H,6,9-15,17H2,1-2H3/t20-,21-,24+,27-/m1/s1. The van der Waals surface area contributed by atoms with Gasteiger partial charge in [0.25, 0.3) is 0 Å². The Kier molecular flexibility index (Phi) is 11.4. The molecule has 210 valence electrons. The fourth-order valence-corrected chi connectivity index (χ4v) is 4.97. The highest BCUT2D eigenvalue weighted by atomic mass is 79.9. The Bertz CT molecular complexity index is 986. The van der Waals surface area contributed by atoms with E-state index in [4.69, 9.17) is 24.1 Å². The van der Waals surface area contributed by atoms with Gasteiger partial charge in [0.15, 0.2) is 11.6 Å². The second-order valence-electron chi connectivity index (χ2n) is 9.66. The van der Waals surface area contributed by atoms with Gasteiger partial charge in [0.2, 0.25) is 5.91 Å². The Morgan fingerprint density at radius 2 is 1.84 bits per heavy atom. The number of ketones is 1. The van der Waals surface area contributed by atoms with E-state index in [0.29, 0.717) is 26.2 Å². The summed E-state index contributed by atoms with van der Waals surface area (Å²) in [7, 11) is 0. The maximum absolute atomic E-state index is 13.9. The van der Waals surface area contributed by atoms with Gasteiger partial charge in [0.1, 0.15) is 12.7 Å². The topological polar surface area (TPSA) is 132 Å². The van der Waals surface area contributed by atoms with E-state index < -0.39 is 41.6 Å². The average molecular weight is 598 g/mol. The van der Waals surface area contributed by atoms with Crippen molar-refractivity contribution in [3.63, 3.8) is 0 Å². The summed E-state index contributed by atoms with van der Waals surface area (Å²) in [6.07, 6.45) is -0.206. The van der Waals surface area contributed by atoms with E-state index in [1.165, 1.54) is 6.08 Å². The minimum atomic E-state index is -1.85. The lowest BCUT2D eigenvalue weighted by molar-refractivity contribution is -0.218. The third kappa shape index (κ3) is 7.71. The normalized spacial score (nSPS) is 24.5. The molecule has 1 aromatic carbocycles. The molecule has 0 unspecified atom stereocenters.